The quantitative estimate of drug-likeness (QED) is 0.0261. The van der Waals surface area contributed by atoms with Gasteiger partial charge in [0.1, 0.15) is 13.2 Å². The first-order valence-electron chi connectivity index (χ1n) is 31.3. The standard InChI is InChI=1S/C73H112O6/c1-4-7-10-13-16-19-21-23-25-27-29-31-32-33-34-35-36-37-38-39-40-42-43-45-47-49-51-54-57-60-63-66-72(75)78-69-70(68-77-71(74)65-62-59-56-53-18-15-12-9-6-3)79-73(76)67-64-61-58-55-52-50-48-46-44-41-30-28-26-24-22-20-17-14-11-8-5-2/h7-8,10-11,16-17,19-20,23-26,29-31,33-34,36-37,39-41,43,45-46,48-49,51-52,55,70H,4-6,9,12-15,18,21-22,27-28,32,35,38,42,44,47,50,53-54,56-69H2,1-3H3/b10-7-,11-8-,19-16-,20-17-,25-23-,26-24-,31-29-,34-33-,37-36-,40-39-,41-30-,45-43-,48-46-,51-49-,55-52-. The van der Waals surface area contributed by atoms with Crippen LogP contribution in [-0.2, 0) is 28.6 Å². The van der Waals surface area contributed by atoms with E-state index in [1.807, 2.05) is 0 Å². The van der Waals surface area contributed by atoms with Gasteiger partial charge in [0, 0.05) is 19.3 Å². The molecule has 0 aliphatic heterocycles. The zero-order valence-corrected chi connectivity index (χ0v) is 50.3. The Bertz CT molecular complexity index is 1870. The van der Waals surface area contributed by atoms with Gasteiger partial charge in [0.15, 0.2) is 6.10 Å². The minimum Gasteiger partial charge on any atom is -0.462 e. The van der Waals surface area contributed by atoms with E-state index in [-0.39, 0.29) is 37.5 Å². The number of unbranched alkanes of at least 4 members (excludes halogenated alkanes) is 13. The highest BCUT2D eigenvalue weighted by molar-refractivity contribution is 5.71. The van der Waals surface area contributed by atoms with E-state index in [0.717, 1.165) is 154 Å². The van der Waals surface area contributed by atoms with Crippen molar-refractivity contribution in [3.05, 3.63) is 182 Å². The summed E-state index contributed by atoms with van der Waals surface area (Å²) in [6.45, 7) is 6.31. The van der Waals surface area contributed by atoms with Gasteiger partial charge in [0.2, 0.25) is 0 Å². The molecular formula is C73H112O6. The number of carbonyl (C=O) groups excluding carboxylic acids is 3. The first kappa shape index (κ1) is 73.5. The van der Waals surface area contributed by atoms with Crippen molar-refractivity contribution in [1.29, 1.82) is 0 Å². The number of carbonyl (C=O) groups is 3. The van der Waals surface area contributed by atoms with Gasteiger partial charge >= 0.3 is 17.9 Å². The van der Waals surface area contributed by atoms with Crippen LogP contribution in [0.2, 0.25) is 0 Å². The molecule has 0 aromatic rings. The van der Waals surface area contributed by atoms with E-state index in [9.17, 15) is 14.4 Å². The molecule has 0 heterocycles. The Morgan fingerprint density at radius 1 is 0.266 bits per heavy atom. The first-order valence-corrected chi connectivity index (χ1v) is 31.3. The van der Waals surface area contributed by atoms with Gasteiger partial charge < -0.3 is 14.2 Å². The van der Waals surface area contributed by atoms with Crippen LogP contribution in [0.3, 0.4) is 0 Å². The molecule has 0 fully saturated rings. The summed E-state index contributed by atoms with van der Waals surface area (Å²) in [5.41, 5.74) is 0. The third-order valence-electron chi connectivity index (χ3n) is 12.4. The Balaban J connectivity index is 4.41. The van der Waals surface area contributed by atoms with Gasteiger partial charge in [-0.15, -0.1) is 0 Å². The van der Waals surface area contributed by atoms with Crippen molar-refractivity contribution >= 4 is 17.9 Å². The average Bonchev–Trinajstić information content (AvgIpc) is 3.45. The van der Waals surface area contributed by atoms with E-state index in [1.165, 1.54) is 38.5 Å². The van der Waals surface area contributed by atoms with Crippen molar-refractivity contribution in [2.75, 3.05) is 13.2 Å². The lowest BCUT2D eigenvalue weighted by Crippen LogP contribution is -2.30. The molecule has 0 aliphatic carbocycles. The average molecular weight is 1090 g/mol. The van der Waals surface area contributed by atoms with Crippen LogP contribution < -0.4 is 0 Å². The number of allylic oxidation sites excluding steroid dienone is 30. The smallest absolute Gasteiger partial charge is 0.306 e. The molecule has 0 amide bonds. The third kappa shape index (κ3) is 63.2. The molecule has 1 unspecified atom stereocenters. The highest BCUT2D eigenvalue weighted by atomic mass is 16.6. The second-order valence-electron chi connectivity index (χ2n) is 19.9. The molecule has 0 spiro atoms. The molecule has 0 bridgehead atoms. The lowest BCUT2D eigenvalue weighted by molar-refractivity contribution is -0.167. The number of esters is 3. The molecule has 0 saturated carbocycles. The van der Waals surface area contributed by atoms with E-state index in [4.69, 9.17) is 14.2 Å². The second kappa shape index (κ2) is 65.0. The van der Waals surface area contributed by atoms with Crippen molar-refractivity contribution in [3.8, 4) is 0 Å². The van der Waals surface area contributed by atoms with Crippen LogP contribution in [0.15, 0.2) is 182 Å². The van der Waals surface area contributed by atoms with Gasteiger partial charge in [-0.25, -0.2) is 0 Å². The molecule has 79 heavy (non-hydrogen) atoms. The summed E-state index contributed by atoms with van der Waals surface area (Å²) in [5, 5.41) is 0. The van der Waals surface area contributed by atoms with Gasteiger partial charge in [-0.1, -0.05) is 261 Å². The molecule has 6 nitrogen and oxygen atoms in total. The topological polar surface area (TPSA) is 78.9 Å². The lowest BCUT2D eigenvalue weighted by atomic mass is 10.1. The minimum atomic E-state index is -0.824. The summed E-state index contributed by atoms with van der Waals surface area (Å²) >= 11 is 0. The van der Waals surface area contributed by atoms with Crippen LogP contribution >= 0.6 is 0 Å². The molecule has 6 heteroatoms. The Kier molecular flexibility index (Phi) is 60.5. The van der Waals surface area contributed by atoms with Crippen LogP contribution in [0.1, 0.15) is 239 Å². The number of hydrogen-bond acceptors (Lipinski definition) is 6. The first-order chi connectivity index (χ1) is 39.0. The molecule has 0 radical (unpaired) electrons. The molecule has 0 N–H and O–H groups in total. The molecular weight excluding hydrogens is 973 g/mol. The van der Waals surface area contributed by atoms with Crippen LogP contribution in [0.5, 0.6) is 0 Å². The third-order valence-corrected chi connectivity index (χ3v) is 12.4. The van der Waals surface area contributed by atoms with Crippen LogP contribution in [0.4, 0.5) is 0 Å². The van der Waals surface area contributed by atoms with Gasteiger partial charge in [0.05, 0.1) is 0 Å². The maximum absolute atomic E-state index is 12.9. The highest BCUT2D eigenvalue weighted by Gasteiger charge is 2.19. The predicted octanol–water partition coefficient (Wildman–Crippen LogP) is 21.7. The molecule has 0 aromatic carbocycles. The maximum Gasteiger partial charge on any atom is 0.306 e. The Labute approximate surface area is 484 Å². The number of ether oxygens (including phenoxy) is 3. The molecule has 0 rings (SSSR count). The highest BCUT2D eigenvalue weighted by Crippen LogP contribution is 2.13. The minimum absolute atomic E-state index is 0.114. The molecule has 440 valence electrons. The summed E-state index contributed by atoms with van der Waals surface area (Å²) in [4.78, 5) is 38.1. The van der Waals surface area contributed by atoms with Crippen LogP contribution in [0, 0.1) is 0 Å². The SMILES string of the molecule is CC/C=C\C/C=C\C/C=C\C/C=C\C/C=C\C/C=C\C/C=C\C/C=C\C/C=C\CCCCCC(=O)OCC(COC(=O)CCCCCCCCCCC)OC(=O)CCCC/C=C\C/C=C\C/C=C\C/C=C\C/C=C\C/C=C\CC. The Morgan fingerprint density at radius 2 is 0.494 bits per heavy atom. The summed E-state index contributed by atoms with van der Waals surface area (Å²) in [5.74, 6) is -1.00. The summed E-state index contributed by atoms with van der Waals surface area (Å²) in [7, 11) is 0. The fourth-order valence-electron chi connectivity index (χ4n) is 7.79. The fourth-order valence-corrected chi connectivity index (χ4v) is 7.79. The van der Waals surface area contributed by atoms with E-state index < -0.39 is 6.10 Å². The number of rotatable bonds is 54. The summed E-state index contributed by atoms with van der Waals surface area (Å²) < 4.78 is 16.8. The Morgan fingerprint density at radius 3 is 0.797 bits per heavy atom. The molecule has 0 saturated heterocycles. The fraction of sp³-hybridized carbons (Fsp3) is 0.548. The molecule has 0 aliphatic rings. The van der Waals surface area contributed by atoms with Crippen LogP contribution in [0.25, 0.3) is 0 Å². The van der Waals surface area contributed by atoms with E-state index in [2.05, 4.69) is 203 Å². The van der Waals surface area contributed by atoms with Crippen LogP contribution in [-0.4, -0.2) is 37.2 Å². The predicted molar refractivity (Wildman–Crippen MR) is 343 cm³/mol. The largest absolute Gasteiger partial charge is 0.462 e. The van der Waals surface area contributed by atoms with Gasteiger partial charge in [-0.05, 0) is 141 Å². The van der Waals surface area contributed by atoms with E-state index in [0.29, 0.717) is 19.3 Å². The van der Waals surface area contributed by atoms with Crippen molar-refractivity contribution in [2.24, 2.45) is 0 Å². The lowest BCUT2D eigenvalue weighted by Gasteiger charge is -2.18. The Hall–Kier alpha value is -5.49. The van der Waals surface area contributed by atoms with E-state index >= 15 is 0 Å². The van der Waals surface area contributed by atoms with Crippen molar-refractivity contribution in [2.45, 2.75) is 245 Å². The van der Waals surface area contributed by atoms with Crippen molar-refractivity contribution in [1.82, 2.24) is 0 Å². The van der Waals surface area contributed by atoms with Gasteiger partial charge in [-0.2, -0.15) is 0 Å². The monoisotopic (exact) mass is 1080 g/mol. The zero-order chi connectivity index (χ0) is 57.1. The number of hydrogen-bond donors (Lipinski definition) is 0. The zero-order valence-electron chi connectivity index (χ0n) is 50.3. The summed E-state index contributed by atoms with van der Waals surface area (Å²) in [6, 6.07) is 0. The van der Waals surface area contributed by atoms with Gasteiger partial charge in [0.25, 0.3) is 0 Å². The summed E-state index contributed by atoms with van der Waals surface area (Å²) in [6.07, 6.45) is 97.6. The maximum atomic E-state index is 12.9. The normalized spacial score (nSPS) is 13.4. The molecule has 1 atom stereocenters. The van der Waals surface area contributed by atoms with Gasteiger partial charge in [-0.3, -0.25) is 14.4 Å². The molecule has 0 aromatic heterocycles. The van der Waals surface area contributed by atoms with Crippen molar-refractivity contribution in [3.63, 3.8) is 0 Å². The second-order valence-corrected chi connectivity index (χ2v) is 19.9. The van der Waals surface area contributed by atoms with E-state index in [1.54, 1.807) is 0 Å². The van der Waals surface area contributed by atoms with Crippen molar-refractivity contribution < 1.29 is 28.6 Å².